The first-order valence-corrected chi connectivity index (χ1v) is 7.71. The van der Waals surface area contributed by atoms with Crippen LogP contribution in [0, 0.1) is 0 Å². The highest BCUT2D eigenvalue weighted by Crippen LogP contribution is 2.25. The average Bonchev–Trinajstić information content (AvgIpc) is 2.57. The molecule has 0 saturated heterocycles. The fourth-order valence-electron chi connectivity index (χ4n) is 2.29. The van der Waals surface area contributed by atoms with Crippen molar-refractivity contribution in [1.29, 1.82) is 0 Å². The Balaban J connectivity index is 1.64. The molecular weight excluding hydrogens is 276 g/mol. The zero-order valence-electron chi connectivity index (χ0n) is 12.8. The normalized spacial score (nSPS) is 10.4. The van der Waals surface area contributed by atoms with E-state index in [1.54, 1.807) is 0 Å². The summed E-state index contributed by atoms with van der Waals surface area (Å²) in [5, 5.41) is 2.35. The van der Waals surface area contributed by atoms with Crippen LogP contribution >= 0.6 is 0 Å². The number of ether oxygens (including phenoxy) is 2. The summed E-state index contributed by atoms with van der Waals surface area (Å²) in [7, 11) is 0. The molecule has 2 aromatic rings. The largest absolute Gasteiger partial charge is 0.493 e. The molecule has 116 valence electrons. The number of carbonyl (C=O) groups is 1. The van der Waals surface area contributed by atoms with E-state index in [9.17, 15) is 4.79 Å². The van der Waals surface area contributed by atoms with Crippen LogP contribution in [0.5, 0.6) is 5.75 Å². The second kappa shape index (κ2) is 8.88. The van der Waals surface area contributed by atoms with Crippen LogP contribution in [0.15, 0.2) is 55.1 Å². The number of hydrogen-bond donors (Lipinski definition) is 0. The molecule has 0 fully saturated rings. The van der Waals surface area contributed by atoms with E-state index in [4.69, 9.17) is 9.47 Å². The molecule has 0 aromatic heterocycles. The Labute approximate surface area is 131 Å². The molecule has 3 nitrogen and oxygen atoms in total. The number of carbonyl (C=O) groups excluding carboxylic acids is 1. The van der Waals surface area contributed by atoms with Crippen molar-refractivity contribution >= 4 is 16.7 Å². The second-order valence-electron chi connectivity index (χ2n) is 5.11. The van der Waals surface area contributed by atoms with Crippen LogP contribution in [0.2, 0.25) is 0 Å². The first-order valence-electron chi connectivity index (χ1n) is 7.71. The molecule has 0 unspecified atom stereocenters. The number of unbranched alkanes of at least 4 members (excludes halogenated alkanes) is 3. The molecule has 0 saturated carbocycles. The van der Waals surface area contributed by atoms with Crippen LogP contribution < -0.4 is 4.74 Å². The topological polar surface area (TPSA) is 35.5 Å². The summed E-state index contributed by atoms with van der Waals surface area (Å²) >= 11 is 0. The molecule has 0 heterocycles. The molecule has 0 radical (unpaired) electrons. The van der Waals surface area contributed by atoms with E-state index in [1.165, 1.54) is 11.5 Å². The second-order valence-corrected chi connectivity index (χ2v) is 5.11. The summed E-state index contributed by atoms with van der Waals surface area (Å²) < 4.78 is 10.8. The van der Waals surface area contributed by atoms with Gasteiger partial charge in [0.25, 0.3) is 0 Å². The monoisotopic (exact) mass is 298 g/mol. The van der Waals surface area contributed by atoms with Crippen LogP contribution in [0.3, 0.4) is 0 Å². The predicted octanol–water partition coefficient (Wildman–Crippen LogP) is 4.51. The number of hydrogen-bond acceptors (Lipinski definition) is 3. The SMILES string of the molecule is C=CC(=O)OCCCCCCOc1cccc2ccccc12. The standard InChI is InChI=1S/C19H22O3/c1-2-19(20)22-15-8-4-3-7-14-21-18-13-9-11-16-10-5-6-12-17(16)18/h2,5-6,9-13H,1,3-4,7-8,14-15H2. The molecule has 0 amide bonds. The van der Waals surface area contributed by atoms with Gasteiger partial charge < -0.3 is 9.47 Å². The van der Waals surface area contributed by atoms with Crippen molar-refractivity contribution in [2.24, 2.45) is 0 Å². The van der Waals surface area contributed by atoms with Gasteiger partial charge >= 0.3 is 5.97 Å². The van der Waals surface area contributed by atoms with Crippen LogP contribution in [-0.4, -0.2) is 19.2 Å². The molecule has 0 aliphatic carbocycles. The lowest BCUT2D eigenvalue weighted by atomic mass is 10.1. The van der Waals surface area contributed by atoms with Crippen LogP contribution in [0.1, 0.15) is 25.7 Å². The maximum absolute atomic E-state index is 10.9. The quantitative estimate of drug-likeness (QED) is 0.388. The predicted molar refractivity (Wildman–Crippen MR) is 89.1 cm³/mol. The van der Waals surface area contributed by atoms with E-state index in [1.807, 2.05) is 24.3 Å². The Morgan fingerprint density at radius 1 is 0.955 bits per heavy atom. The molecule has 22 heavy (non-hydrogen) atoms. The van der Waals surface area contributed by atoms with Gasteiger partial charge in [-0.05, 0) is 37.1 Å². The van der Waals surface area contributed by atoms with E-state index in [0.717, 1.165) is 36.8 Å². The molecule has 0 atom stereocenters. The fraction of sp³-hybridized carbons (Fsp3) is 0.316. The Kier molecular flexibility index (Phi) is 6.49. The summed E-state index contributed by atoms with van der Waals surface area (Å²) in [6.45, 7) is 4.54. The molecule has 3 heteroatoms. The third-order valence-corrected chi connectivity index (χ3v) is 3.46. The van der Waals surface area contributed by atoms with Gasteiger partial charge in [0.05, 0.1) is 13.2 Å². The highest BCUT2D eigenvalue weighted by atomic mass is 16.5. The minimum atomic E-state index is -0.348. The van der Waals surface area contributed by atoms with Crippen LogP contribution in [-0.2, 0) is 9.53 Å². The molecule has 0 N–H and O–H groups in total. The minimum Gasteiger partial charge on any atom is -0.493 e. The first-order chi connectivity index (χ1) is 10.8. The molecule has 2 aromatic carbocycles. The summed E-state index contributed by atoms with van der Waals surface area (Å²) in [5.74, 6) is 0.595. The van der Waals surface area contributed by atoms with Gasteiger partial charge in [-0.25, -0.2) is 4.79 Å². The Morgan fingerprint density at radius 3 is 2.50 bits per heavy atom. The van der Waals surface area contributed by atoms with Crippen molar-refractivity contribution < 1.29 is 14.3 Å². The Bertz CT molecular complexity index is 614. The third kappa shape index (κ3) is 4.92. The molecule has 0 spiro atoms. The summed E-state index contributed by atoms with van der Waals surface area (Å²) in [6, 6.07) is 14.4. The zero-order chi connectivity index (χ0) is 15.6. The lowest BCUT2D eigenvalue weighted by Crippen LogP contribution is -2.02. The zero-order valence-corrected chi connectivity index (χ0v) is 12.8. The summed E-state index contributed by atoms with van der Waals surface area (Å²) in [6.07, 6.45) is 5.17. The summed E-state index contributed by atoms with van der Waals surface area (Å²) in [4.78, 5) is 10.9. The van der Waals surface area contributed by atoms with Gasteiger partial charge in [0.2, 0.25) is 0 Å². The van der Waals surface area contributed by atoms with Crippen molar-refractivity contribution in [3.8, 4) is 5.75 Å². The van der Waals surface area contributed by atoms with Gasteiger partial charge in [-0.2, -0.15) is 0 Å². The van der Waals surface area contributed by atoms with Gasteiger partial charge in [0.15, 0.2) is 0 Å². The number of benzene rings is 2. The van der Waals surface area contributed by atoms with Crippen molar-refractivity contribution in [1.82, 2.24) is 0 Å². The van der Waals surface area contributed by atoms with Gasteiger partial charge in [-0.1, -0.05) is 43.0 Å². The van der Waals surface area contributed by atoms with Gasteiger partial charge in [0.1, 0.15) is 5.75 Å². The highest BCUT2D eigenvalue weighted by Gasteiger charge is 2.01. The number of esters is 1. The maximum Gasteiger partial charge on any atom is 0.330 e. The van der Waals surface area contributed by atoms with Crippen LogP contribution in [0.25, 0.3) is 10.8 Å². The molecule has 0 bridgehead atoms. The molecule has 2 rings (SSSR count). The lowest BCUT2D eigenvalue weighted by Gasteiger charge is -2.09. The molecule has 0 aliphatic rings. The highest BCUT2D eigenvalue weighted by molar-refractivity contribution is 5.88. The molecule has 0 aliphatic heterocycles. The van der Waals surface area contributed by atoms with Crippen molar-refractivity contribution in [2.75, 3.05) is 13.2 Å². The van der Waals surface area contributed by atoms with Crippen molar-refractivity contribution in [2.45, 2.75) is 25.7 Å². The van der Waals surface area contributed by atoms with Crippen molar-refractivity contribution in [3.05, 3.63) is 55.1 Å². The van der Waals surface area contributed by atoms with E-state index >= 15 is 0 Å². The number of fused-ring (bicyclic) bond motifs is 1. The third-order valence-electron chi connectivity index (χ3n) is 3.46. The van der Waals surface area contributed by atoms with Crippen LogP contribution in [0.4, 0.5) is 0 Å². The van der Waals surface area contributed by atoms with E-state index in [2.05, 4.69) is 24.8 Å². The summed E-state index contributed by atoms with van der Waals surface area (Å²) in [5.41, 5.74) is 0. The Morgan fingerprint density at radius 2 is 1.68 bits per heavy atom. The lowest BCUT2D eigenvalue weighted by molar-refractivity contribution is -0.137. The average molecular weight is 298 g/mol. The maximum atomic E-state index is 10.9. The van der Waals surface area contributed by atoms with Gasteiger partial charge in [-0.3, -0.25) is 0 Å². The minimum absolute atomic E-state index is 0.348. The van der Waals surface area contributed by atoms with Gasteiger partial charge in [-0.15, -0.1) is 0 Å². The van der Waals surface area contributed by atoms with E-state index in [0.29, 0.717) is 13.2 Å². The first kappa shape index (κ1) is 16.1. The van der Waals surface area contributed by atoms with Gasteiger partial charge in [0, 0.05) is 11.5 Å². The molecular formula is C19H22O3. The van der Waals surface area contributed by atoms with E-state index in [-0.39, 0.29) is 5.97 Å². The fourth-order valence-corrected chi connectivity index (χ4v) is 2.29. The smallest absolute Gasteiger partial charge is 0.330 e. The van der Waals surface area contributed by atoms with Crippen molar-refractivity contribution in [3.63, 3.8) is 0 Å². The Hall–Kier alpha value is -2.29. The van der Waals surface area contributed by atoms with E-state index < -0.39 is 0 Å². The number of rotatable bonds is 9.